The predicted octanol–water partition coefficient (Wildman–Crippen LogP) is 2.11. The van der Waals surface area contributed by atoms with Crippen molar-refractivity contribution in [2.24, 2.45) is 5.92 Å². The standard InChI is InChI=1S/C19H37N3O2/c1-6-17(21-9-7-8-10-21)11-20-19(23)18(14(2)3)22-12-15(4)24-16(5)13-22/h14-18H,6-13H2,1-5H3,(H,20,23)/t15-,16-,17-,18+/m1/s1. The lowest BCUT2D eigenvalue weighted by molar-refractivity contribution is -0.135. The average Bonchev–Trinajstić information content (AvgIpc) is 3.01. The third-order valence-electron chi connectivity index (χ3n) is 5.38. The lowest BCUT2D eigenvalue weighted by Crippen LogP contribution is -2.58. The number of ether oxygens (including phenoxy) is 1. The Morgan fingerprint density at radius 2 is 1.71 bits per heavy atom. The largest absolute Gasteiger partial charge is 0.373 e. The second-order valence-electron chi connectivity index (χ2n) is 7.95. The summed E-state index contributed by atoms with van der Waals surface area (Å²) in [5, 5.41) is 3.26. The van der Waals surface area contributed by atoms with Crippen molar-refractivity contribution in [3.8, 4) is 0 Å². The van der Waals surface area contributed by atoms with Crippen molar-refractivity contribution in [2.45, 2.75) is 78.2 Å². The average molecular weight is 340 g/mol. The maximum Gasteiger partial charge on any atom is 0.237 e. The van der Waals surface area contributed by atoms with Gasteiger partial charge in [0.25, 0.3) is 0 Å². The van der Waals surface area contributed by atoms with E-state index in [1.165, 1.54) is 25.9 Å². The highest BCUT2D eigenvalue weighted by Crippen LogP contribution is 2.19. The van der Waals surface area contributed by atoms with Crippen LogP contribution in [0.1, 0.15) is 53.9 Å². The molecule has 2 aliphatic heterocycles. The van der Waals surface area contributed by atoms with Crippen LogP contribution >= 0.6 is 0 Å². The third kappa shape index (κ3) is 5.17. The number of likely N-dealkylation sites (tertiary alicyclic amines) is 1. The summed E-state index contributed by atoms with van der Waals surface area (Å²) in [6.45, 7) is 15.5. The molecule has 1 N–H and O–H groups in total. The summed E-state index contributed by atoms with van der Waals surface area (Å²) in [5.74, 6) is 0.485. The highest BCUT2D eigenvalue weighted by Gasteiger charge is 2.34. The van der Waals surface area contributed by atoms with Crippen LogP contribution in [0.25, 0.3) is 0 Å². The first-order valence-electron chi connectivity index (χ1n) is 9.83. The summed E-state index contributed by atoms with van der Waals surface area (Å²) >= 11 is 0. The fourth-order valence-electron chi connectivity index (χ4n) is 4.30. The van der Waals surface area contributed by atoms with Crippen LogP contribution in [-0.2, 0) is 9.53 Å². The summed E-state index contributed by atoms with van der Waals surface area (Å²) in [7, 11) is 0. The molecule has 4 atom stereocenters. The summed E-state index contributed by atoms with van der Waals surface area (Å²) in [4.78, 5) is 17.8. The molecule has 0 aromatic heterocycles. The van der Waals surface area contributed by atoms with Gasteiger partial charge in [-0.2, -0.15) is 0 Å². The number of hydrogen-bond acceptors (Lipinski definition) is 4. The highest BCUT2D eigenvalue weighted by atomic mass is 16.5. The topological polar surface area (TPSA) is 44.8 Å². The van der Waals surface area contributed by atoms with Crippen LogP contribution < -0.4 is 5.32 Å². The smallest absolute Gasteiger partial charge is 0.237 e. The fourth-order valence-corrected chi connectivity index (χ4v) is 4.30. The second-order valence-corrected chi connectivity index (χ2v) is 7.95. The zero-order valence-corrected chi connectivity index (χ0v) is 16.3. The Balaban J connectivity index is 1.93. The molecule has 2 aliphatic rings. The van der Waals surface area contributed by atoms with Gasteiger partial charge in [0.05, 0.1) is 18.2 Å². The molecule has 1 amide bonds. The summed E-state index contributed by atoms with van der Waals surface area (Å²) < 4.78 is 5.83. The van der Waals surface area contributed by atoms with Gasteiger partial charge in [-0.1, -0.05) is 20.8 Å². The summed E-state index contributed by atoms with van der Waals surface area (Å²) in [6.07, 6.45) is 4.07. The molecule has 2 fully saturated rings. The Bertz CT molecular complexity index is 386. The quantitative estimate of drug-likeness (QED) is 0.772. The highest BCUT2D eigenvalue weighted by molar-refractivity contribution is 5.82. The Morgan fingerprint density at radius 3 is 2.21 bits per heavy atom. The number of carbonyl (C=O) groups is 1. The molecule has 24 heavy (non-hydrogen) atoms. The first kappa shape index (κ1) is 19.7. The number of carbonyl (C=O) groups excluding carboxylic acids is 1. The van der Waals surface area contributed by atoms with Gasteiger partial charge in [-0.05, 0) is 52.1 Å². The minimum atomic E-state index is -0.0603. The van der Waals surface area contributed by atoms with Crippen molar-refractivity contribution in [1.29, 1.82) is 0 Å². The van der Waals surface area contributed by atoms with Crippen molar-refractivity contribution >= 4 is 5.91 Å². The molecule has 0 aromatic rings. The maximum absolute atomic E-state index is 12.9. The van der Waals surface area contributed by atoms with Crippen LogP contribution in [0.5, 0.6) is 0 Å². The van der Waals surface area contributed by atoms with Gasteiger partial charge in [-0.25, -0.2) is 0 Å². The molecular formula is C19H37N3O2. The lowest BCUT2D eigenvalue weighted by atomic mass is 9.99. The van der Waals surface area contributed by atoms with Crippen molar-refractivity contribution < 1.29 is 9.53 Å². The predicted molar refractivity (Wildman–Crippen MR) is 98.1 cm³/mol. The Morgan fingerprint density at radius 1 is 1.12 bits per heavy atom. The third-order valence-corrected chi connectivity index (χ3v) is 5.38. The van der Waals surface area contributed by atoms with Gasteiger partial charge in [0.2, 0.25) is 5.91 Å². The van der Waals surface area contributed by atoms with Crippen LogP contribution in [0.4, 0.5) is 0 Å². The van der Waals surface area contributed by atoms with Crippen LogP contribution in [0.2, 0.25) is 0 Å². The molecule has 2 saturated heterocycles. The Labute approximate surface area is 148 Å². The lowest BCUT2D eigenvalue weighted by Gasteiger charge is -2.41. The Kier molecular flexibility index (Phi) is 7.51. The van der Waals surface area contributed by atoms with Gasteiger partial charge in [0.1, 0.15) is 0 Å². The van der Waals surface area contributed by atoms with E-state index in [4.69, 9.17) is 4.74 Å². The van der Waals surface area contributed by atoms with E-state index in [1.807, 2.05) is 0 Å². The van der Waals surface area contributed by atoms with Crippen molar-refractivity contribution in [2.75, 3.05) is 32.7 Å². The molecular weight excluding hydrogens is 302 g/mol. The molecule has 140 valence electrons. The van der Waals surface area contributed by atoms with Gasteiger partial charge in [-0.15, -0.1) is 0 Å². The minimum Gasteiger partial charge on any atom is -0.373 e. The molecule has 0 saturated carbocycles. The zero-order valence-electron chi connectivity index (χ0n) is 16.3. The number of nitrogens with one attached hydrogen (secondary N) is 1. The minimum absolute atomic E-state index is 0.0603. The van der Waals surface area contributed by atoms with E-state index < -0.39 is 0 Å². The van der Waals surface area contributed by atoms with Gasteiger partial charge in [-0.3, -0.25) is 14.6 Å². The number of hydrogen-bond donors (Lipinski definition) is 1. The Hall–Kier alpha value is -0.650. The monoisotopic (exact) mass is 339 g/mol. The molecule has 0 unspecified atom stereocenters. The van der Waals surface area contributed by atoms with E-state index >= 15 is 0 Å². The van der Waals surface area contributed by atoms with Gasteiger partial charge in [0.15, 0.2) is 0 Å². The van der Waals surface area contributed by atoms with E-state index in [0.717, 1.165) is 26.1 Å². The van der Waals surface area contributed by atoms with Crippen LogP contribution in [-0.4, -0.2) is 72.7 Å². The maximum atomic E-state index is 12.9. The molecule has 2 rings (SSSR count). The van der Waals surface area contributed by atoms with Crippen molar-refractivity contribution in [1.82, 2.24) is 15.1 Å². The second kappa shape index (κ2) is 9.16. The van der Waals surface area contributed by atoms with E-state index in [-0.39, 0.29) is 24.2 Å². The van der Waals surface area contributed by atoms with E-state index in [1.54, 1.807) is 0 Å². The zero-order chi connectivity index (χ0) is 17.7. The van der Waals surface area contributed by atoms with Crippen LogP contribution in [0.15, 0.2) is 0 Å². The first-order valence-corrected chi connectivity index (χ1v) is 9.83. The van der Waals surface area contributed by atoms with Gasteiger partial charge < -0.3 is 10.1 Å². The van der Waals surface area contributed by atoms with Crippen LogP contribution in [0.3, 0.4) is 0 Å². The molecule has 0 aromatic carbocycles. The molecule has 5 nitrogen and oxygen atoms in total. The normalized spacial score (nSPS) is 28.9. The SMILES string of the molecule is CC[C@H](CNC(=O)[C@H](C(C)C)N1C[C@@H](C)O[C@H](C)C1)N1CCCC1. The van der Waals surface area contributed by atoms with E-state index in [2.05, 4.69) is 49.7 Å². The van der Waals surface area contributed by atoms with Gasteiger partial charge >= 0.3 is 0 Å². The first-order chi connectivity index (χ1) is 11.4. The number of morpholine rings is 1. The molecule has 0 spiro atoms. The number of amides is 1. The molecule has 5 heteroatoms. The molecule has 0 radical (unpaired) electrons. The number of rotatable bonds is 7. The molecule has 0 bridgehead atoms. The summed E-state index contributed by atoms with van der Waals surface area (Å²) in [6, 6.07) is 0.418. The van der Waals surface area contributed by atoms with Crippen LogP contribution in [0, 0.1) is 5.92 Å². The van der Waals surface area contributed by atoms with Crippen molar-refractivity contribution in [3.63, 3.8) is 0 Å². The molecule has 2 heterocycles. The van der Waals surface area contributed by atoms with E-state index in [9.17, 15) is 4.79 Å². The van der Waals surface area contributed by atoms with E-state index in [0.29, 0.717) is 12.0 Å². The van der Waals surface area contributed by atoms with Crippen molar-refractivity contribution in [3.05, 3.63) is 0 Å². The molecule has 0 aliphatic carbocycles. The fraction of sp³-hybridized carbons (Fsp3) is 0.947. The summed E-state index contributed by atoms with van der Waals surface area (Å²) in [5.41, 5.74) is 0. The van der Waals surface area contributed by atoms with Gasteiger partial charge in [0, 0.05) is 25.7 Å². The number of nitrogens with zero attached hydrogens (tertiary/aromatic N) is 2.